The summed E-state index contributed by atoms with van der Waals surface area (Å²) in [5.41, 5.74) is 1.01. The number of hydrogen-bond acceptors (Lipinski definition) is 5. The van der Waals surface area contributed by atoms with Gasteiger partial charge in [-0.3, -0.25) is 4.79 Å². The zero-order chi connectivity index (χ0) is 20.6. The van der Waals surface area contributed by atoms with Crippen LogP contribution < -0.4 is 4.74 Å². The van der Waals surface area contributed by atoms with E-state index in [1.165, 1.54) is 16.4 Å². The van der Waals surface area contributed by atoms with Crippen molar-refractivity contribution in [3.63, 3.8) is 0 Å². The van der Waals surface area contributed by atoms with Gasteiger partial charge in [0.2, 0.25) is 10.0 Å². The standard InChI is InChI=1S/C20H18ClN3O4S/c21-16-5-6-17-15(11-16)12-18(28-17)20(25)23-7-9-24(10-8-23)29(26,27)19-4-2-1-3-14(19)13-22/h1-6,11,18H,7-10,12H2. The van der Waals surface area contributed by atoms with Crippen molar-refractivity contribution in [1.82, 2.24) is 9.21 Å². The molecule has 29 heavy (non-hydrogen) atoms. The summed E-state index contributed by atoms with van der Waals surface area (Å²) in [6, 6.07) is 13.3. The van der Waals surface area contributed by atoms with Crippen molar-refractivity contribution >= 4 is 27.5 Å². The SMILES string of the molecule is N#Cc1ccccc1S(=O)(=O)N1CCN(C(=O)C2Cc3cc(Cl)ccc3O2)CC1. The Morgan fingerprint density at radius 2 is 1.86 bits per heavy atom. The van der Waals surface area contributed by atoms with Crippen LogP contribution in [0, 0.1) is 11.3 Å². The van der Waals surface area contributed by atoms with Crippen LogP contribution in [0.5, 0.6) is 5.75 Å². The molecule has 0 radical (unpaired) electrons. The Morgan fingerprint density at radius 1 is 1.14 bits per heavy atom. The number of nitriles is 1. The van der Waals surface area contributed by atoms with Crippen LogP contribution in [-0.2, 0) is 21.2 Å². The number of benzene rings is 2. The fraction of sp³-hybridized carbons (Fsp3) is 0.300. The summed E-state index contributed by atoms with van der Waals surface area (Å²) in [4.78, 5) is 14.5. The van der Waals surface area contributed by atoms with E-state index in [0.29, 0.717) is 17.2 Å². The van der Waals surface area contributed by atoms with Crippen LogP contribution in [0.1, 0.15) is 11.1 Å². The van der Waals surface area contributed by atoms with E-state index in [0.717, 1.165) is 5.56 Å². The normalized spacial score (nSPS) is 19.3. The maximum absolute atomic E-state index is 12.9. The zero-order valence-corrected chi connectivity index (χ0v) is 17.0. The zero-order valence-electron chi connectivity index (χ0n) is 15.4. The average molecular weight is 432 g/mol. The second-order valence-corrected chi connectivity index (χ2v) is 9.24. The highest BCUT2D eigenvalue weighted by Crippen LogP contribution is 2.32. The molecule has 1 amide bonds. The number of piperazine rings is 1. The Morgan fingerprint density at radius 3 is 2.59 bits per heavy atom. The van der Waals surface area contributed by atoms with Crippen LogP contribution >= 0.6 is 11.6 Å². The Labute approximate surface area is 174 Å². The lowest BCUT2D eigenvalue weighted by atomic mass is 10.1. The molecule has 2 aliphatic rings. The first kappa shape index (κ1) is 19.7. The summed E-state index contributed by atoms with van der Waals surface area (Å²) >= 11 is 6.00. The number of hydrogen-bond donors (Lipinski definition) is 0. The van der Waals surface area contributed by atoms with E-state index in [4.69, 9.17) is 16.3 Å². The van der Waals surface area contributed by atoms with Gasteiger partial charge in [0.25, 0.3) is 5.91 Å². The molecule has 1 saturated heterocycles. The highest BCUT2D eigenvalue weighted by molar-refractivity contribution is 7.89. The smallest absolute Gasteiger partial charge is 0.264 e. The quantitative estimate of drug-likeness (QED) is 0.741. The van der Waals surface area contributed by atoms with E-state index in [2.05, 4.69) is 0 Å². The van der Waals surface area contributed by atoms with Gasteiger partial charge in [-0.05, 0) is 35.9 Å². The predicted molar refractivity (Wildman–Crippen MR) is 106 cm³/mol. The number of nitrogens with zero attached hydrogens (tertiary/aromatic N) is 3. The van der Waals surface area contributed by atoms with Crippen molar-refractivity contribution in [2.75, 3.05) is 26.2 Å². The minimum Gasteiger partial charge on any atom is -0.480 e. The summed E-state index contributed by atoms with van der Waals surface area (Å²) in [7, 11) is -3.79. The fourth-order valence-corrected chi connectivity index (χ4v) is 5.39. The highest BCUT2D eigenvalue weighted by atomic mass is 35.5. The molecule has 1 atom stereocenters. The number of fused-ring (bicyclic) bond motifs is 1. The lowest BCUT2D eigenvalue weighted by Crippen LogP contribution is -2.53. The van der Waals surface area contributed by atoms with E-state index >= 15 is 0 Å². The lowest BCUT2D eigenvalue weighted by molar-refractivity contribution is -0.139. The Hall–Kier alpha value is -2.60. The summed E-state index contributed by atoms with van der Waals surface area (Å²) in [6.45, 7) is 0.867. The maximum atomic E-state index is 12.9. The molecule has 2 aromatic rings. The number of halogens is 1. The molecule has 0 N–H and O–H groups in total. The Kier molecular flexibility index (Phi) is 5.21. The van der Waals surface area contributed by atoms with E-state index < -0.39 is 16.1 Å². The van der Waals surface area contributed by atoms with Gasteiger partial charge in [0.15, 0.2) is 6.10 Å². The molecule has 0 saturated carbocycles. The highest BCUT2D eigenvalue weighted by Gasteiger charge is 2.36. The van der Waals surface area contributed by atoms with Crippen LogP contribution in [-0.4, -0.2) is 55.8 Å². The van der Waals surface area contributed by atoms with Crippen LogP contribution in [0.2, 0.25) is 5.02 Å². The van der Waals surface area contributed by atoms with E-state index in [9.17, 15) is 18.5 Å². The van der Waals surface area contributed by atoms with E-state index in [1.807, 2.05) is 6.07 Å². The van der Waals surface area contributed by atoms with Crippen molar-refractivity contribution in [2.45, 2.75) is 17.4 Å². The summed E-state index contributed by atoms with van der Waals surface area (Å²) in [6.07, 6.45) is -0.172. The van der Waals surface area contributed by atoms with E-state index in [-0.39, 0.29) is 42.5 Å². The second-order valence-electron chi connectivity index (χ2n) is 6.90. The molecule has 2 aromatic carbocycles. The first-order valence-electron chi connectivity index (χ1n) is 9.13. The molecule has 1 fully saturated rings. The van der Waals surface area contributed by atoms with Gasteiger partial charge < -0.3 is 9.64 Å². The van der Waals surface area contributed by atoms with Crippen molar-refractivity contribution in [3.8, 4) is 11.8 Å². The first-order chi connectivity index (χ1) is 13.9. The molecular weight excluding hydrogens is 414 g/mol. The second kappa shape index (κ2) is 7.67. The Balaban J connectivity index is 1.42. The van der Waals surface area contributed by atoms with Gasteiger partial charge >= 0.3 is 0 Å². The van der Waals surface area contributed by atoms with Gasteiger partial charge in [0.05, 0.1) is 10.5 Å². The Bertz CT molecular complexity index is 1100. The first-order valence-corrected chi connectivity index (χ1v) is 10.9. The van der Waals surface area contributed by atoms with Crippen molar-refractivity contribution < 1.29 is 17.9 Å². The summed E-state index contributed by atoms with van der Waals surface area (Å²) in [5.74, 6) is 0.494. The topological polar surface area (TPSA) is 90.7 Å². The summed E-state index contributed by atoms with van der Waals surface area (Å²) in [5, 5.41) is 9.79. The van der Waals surface area contributed by atoms with Crippen LogP contribution in [0.15, 0.2) is 47.4 Å². The molecule has 0 aromatic heterocycles. The summed E-state index contributed by atoms with van der Waals surface area (Å²) < 4.78 is 32.9. The number of carbonyl (C=O) groups is 1. The van der Waals surface area contributed by atoms with Crippen molar-refractivity contribution in [3.05, 3.63) is 58.6 Å². The van der Waals surface area contributed by atoms with Crippen LogP contribution in [0.25, 0.3) is 0 Å². The van der Waals surface area contributed by atoms with Crippen LogP contribution in [0.4, 0.5) is 0 Å². The van der Waals surface area contributed by atoms with Gasteiger partial charge in [0.1, 0.15) is 11.8 Å². The third-order valence-electron chi connectivity index (χ3n) is 5.15. The number of ether oxygens (including phenoxy) is 1. The molecule has 150 valence electrons. The lowest BCUT2D eigenvalue weighted by Gasteiger charge is -2.35. The molecule has 7 nitrogen and oxygen atoms in total. The minimum atomic E-state index is -3.79. The molecule has 2 heterocycles. The average Bonchev–Trinajstić information content (AvgIpc) is 3.16. The van der Waals surface area contributed by atoms with Crippen molar-refractivity contribution in [1.29, 1.82) is 5.26 Å². The van der Waals surface area contributed by atoms with Crippen LogP contribution in [0.3, 0.4) is 0 Å². The predicted octanol–water partition coefficient (Wildman–Crippen LogP) is 2.05. The van der Waals surface area contributed by atoms with Gasteiger partial charge in [0, 0.05) is 37.6 Å². The molecule has 0 bridgehead atoms. The third kappa shape index (κ3) is 3.69. The van der Waals surface area contributed by atoms with Gasteiger partial charge in [-0.25, -0.2) is 8.42 Å². The molecule has 2 aliphatic heterocycles. The van der Waals surface area contributed by atoms with E-state index in [1.54, 1.807) is 35.2 Å². The molecule has 4 rings (SSSR count). The van der Waals surface area contributed by atoms with Crippen molar-refractivity contribution in [2.24, 2.45) is 0 Å². The van der Waals surface area contributed by atoms with Gasteiger partial charge in [-0.15, -0.1) is 0 Å². The van der Waals surface area contributed by atoms with Gasteiger partial charge in [-0.2, -0.15) is 9.57 Å². The molecular formula is C20H18ClN3O4S. The number of sulfonamides is 1. The largest absolute Gasteiger partial charge is 0.480 e. The maximum Gasteiger partial charge on any atom is 0.264 e. The number of amides is 1. The van der Waals surface area contributed by atoms with Gasteiger partial charge in [-0.1, -0.05) is 23.7 Å². The number of carbonyl (C=O) groups excluding carboxylic acids is 1. The third-order valence-corrected chi connectivity index (χ3v) is 7.34. The molecule has 0 spiro atoms. The monoisotopic (exact) mass is 431 g/mol. The molecule has 0 aliphatic carbocycles. The number of rotatable bonds is 3. The molecule has 9 heteroatoms. The molecule has 1 unspecified atom stereocenters. The fourth-order valence-electron chi connectivity index (χ4n) is 3.63. The minimum absolute atomic E-state index is 0.00580.